The molecule has 0 atom stereocenters. The minimum absolute atomic E-state index is 0.260. The number of aromatic nitrogens is 2. The Balaban J connectivity index is 2.17. The van der Waals surface area contributed by atoms with Gasteiger partial charge in [0.1, 0.15) is 23.3 Å². The van der Waals surface area contributed by atoms with Crippen LogP contribution in [0.1, 0.15) is 22.6 Å². The quantitative estimate of drug-likeness (QED) is 0.868. The van der Waals surface area contributed by atoms with E-state index >= 15 is 0 Å². The topological polar surface area (TPSA) is 75.6 Å². The Morgan fingerprint density at radius 1 is 1.26 bits per heavy atom. The van der Waals surface area contributed by atoms with Crippen molar-refractivity contribution in [2.45, 2.75) is 24.5 Å². The van der Waals surface area contributed by atoms with Gasteiger partial charge in [-0.2, -0.15) is 5.26 Å². The molecule has 4 nitrogen and oxygen atoms in total. The molecule has 0 bridgehead atoms. The number of rotatable bonds is 3. The monoisotopic (exact) mass is 270 g/mol. The predicted octanol–water partition coefficient (Wildman–Crippen LogP) is 2.84. The highest BCUT2D eigenvalue weighted by Crippen LogP contribution is 2.25. The molecule has 2 rings (SSSR count). The molecule has 0 spiro atoms. The van der Waals surface area contributed by atoms with Crippen molar-refractivity contribution < 1.29 is 0 Å². The summed E-state index contributed by atoms with van der Waals surface area (Å²) >= 11 is 1.67. The number of aryl methyl sites for hydroxylation is 2. The van der Waals surface area contributed by atoms with Crippen LogP contribution in [-0.2, 0) is 5.75 Å². The molecule has 0 amide bonds. The third-order valence-electron chi connectivity index (χ3n) is 2.73. The summed E-state index contributed by atoms with van der Waals surface area (Å²) in [7, 11) is 0. The van der Waals surface area contributed by atoms with Crippen LogP contribution in [0.15, 0.2) is 29.2 Å². The molecule has 5 heteroatoms. The van der Waals surface area contributed by atoms with Crippen molar-refractivity contribution in [3.8, 4) is 6.07 Å². The molecule has 2 N–H and O–H groups in total. The van der Waals surface area contributed by atoms with Gasteiger partial charge in [-0.05, 0) is 25.5 Å². The molecule has 0 aliphatic heterocycles. The molecule has 0 fully saturated rings. The summed E-state index contributed by atoms with van der Waals surface area (Å²) in [6, 6.07) is 10.2. The van der Waals surface area contributed by atoms with Gasteiger partial charge < -0.3 is 5.73 Å². The lowest BCUT2D eigenvalue weighted by atomic mass is 10.2. The molecule has 0 radical (unpaired) electrons. The number of nitriles is 1. The van der Waals surface area contributed by atoms with E-state index in [1.54, 1.807) is 18.7 Å². The third kappa shape index (κ3) is 3.04. The molecule has 0 unspecified atom stereocenters. The Bertz CT molecular complexity index is 623. The van der Waals surface area contributed by atoms with Crippen molar-refractivity contribution in [1.82, 2.24) is 9.97 Å². The SMILES string of the molecule is Cc1ccccc1SCc1nc(C)c(C#N)c(N)n1. The van der Waals surface area contributed by atoms with E-state index < -0.39 is 0 Å². The first-order chi connectivity index (χ1) is 9.11. The largest absolute Gasteiger partial charge is 0.382 e. The second-order valence-corrected chi connectivity index (χ2v) is 5.17. The number of anilines is 1. The maximum Gasteiger partial charge on any atom is 0.145 e. The van der Waals surface area contributed by atoms with Crippen molar-refractivity contribution in [3.63, 3.8) is 0 Å². The van der Waals surface area contributed by atoms with Gasteiger partial charge in [-0.3, -0.25) is 0 Å². The van der Waals surface area contributed by atoms with Crippen LogP contribution in [0.25, 0.3) is 0 Å². The number of hydrogen-bond acceptors (Lipinski definition) is 5. The normalized spacial score (nSPS) is 10.2. The number of hydrogen-bond donors (Lipinski definition) is 1. The highest BCUT2D eigenvalue weighted by atomic mass is 32.2. The van der Waals surface area contributed by atoms with Crippen LogP contribution in [0.2, 0.25) is 0 Å². The molecule has 0 saturated heterocycles. The van der Waals surface area contributed by atoms with Crippen LogP contribution in [0.4, 0.5) is 5.82 Å². The molecular weight excluding hydrogens is 256 g/mol. The highest BCUT2D eigenvalue weighted by molar-refractivity contribution is 7.98. The Kier molecular flexibility index (Phi) is 4.03. The van der Waals surface area contributed by atoms with E-state index in [0.29, 0.717) is 22.8 Å². The number of thioether (sulfide) groups is 1. The summed E-state index contributed by atoms with van der Waals surface area (Å²) in [6.45, 7) is 3.85. The van der Waals surface area contributed by atoms with Crippen LogP contribution < -0.4 is 5.73 Å². The average Bonchev–Trinajstić information content (AvgIpc) is 2.37. The minimum atomic E-state index is 0.260. The number of nitrogen functional groups attached to an aromatic ring is 1. The first-order valence-electron chi connectivity index (χ1n) is 5.83. The van der Waals surface area contributed by atoms with Gasteiger partial charge in [0, 0.05) is 4.90 Å². The fourth-order valence-electron chi connectivity index (χ4n) is 1.72. The van der Waals surface area contributed by atoms with Crippen molar-refractivity contribution >= 4 is 17.6 Å². The van der Waals surface area contributed by atoms with Crippen molar-refractivity contribution in [2.75, 3.05) is 5.73 Å². The molecular formula is C14H14N4S. The standard InChI is InChI=1S/C14H14N4S/c1-9-5-3-4-6-12(9)19-8-13-17-10(2)11(7-15)14(16)18-13/h3-6H,8H2,1-2H3,(H2,16,17,18). The van der Waals surface area contributed by atoms with Gasteiger partial charge in [0.25, 0.3) is 0 Å². The lowest BCUT2D eigenvalue weighted by Gasteiger charge is -2.07. The second kappa shape index (κ2) is 5.72. The van der Waals surface area contributed by atoms with E-state index in [9.17, 15) is 0 Å². The maximum absolute atomic E-state index is 8.92. The number of nitrogens with two attached hydrogens (primary N) is 1. The summed E-state index contributed by atoms with van der Waals surface area (Å²) in [5.74, 6) is 1.55. The van der Waals surface area contributed by atoms with Gasteiger partial charge in [-0.15, -0.1) is 11.8 Å². The van der Waals surface area contributed by atoms with Gasteiger partial charge >= 0.3 is 0 Å². The molecule has 2 aromatic rings. The molecule has 0 saturated carbocycles. The Morgan fingerprint density at radius 3 is 2.63 bits per heavy atom. The lowest BCUT2D eigenvalue weighted by Crippen LogP contribution is -2.04. The molecule has 0 aliphatic rings. The van der Waals surface area contributed by atoms with E-state index in [-0.39, 0.29) is 5.82 Å². The van der Waals surface area contributed by atoms with Gasteiger partial charge in [0.05, 0.1) is 11.4 Å². The summed E-state index contributed by atoms with van der Waals surface area (Å²) in [6.07, 6.45) is 0. The van der Waals surface area contributed by atoms with E-state index in [0.717, 1.165) is 0 Å². The Labute approximate surface area is 116 Å². The lowest BCUT2D eigenvalue weighted by molar-refractivity contribution is 0.993. The van der Waals surface area contributed by atoms with Crippen molar-refractivity contribution in [1.29, 1.82) is 5.26 Å². The van der Waals surface area contributed by atoms with Gasteiger partial charge in [-0.1, -0.05) is 18.2 Å². The fraction of sp³-hybridized carbons (Fsp3) is 0.214. The smallest absolute Gasteiger partial charge is 0.145 e. The molecule has 0 aliphatic carbocycles. The molecule has 1 heterocycles. The average molecular weight is 270 g/mol. The summed E-state index contributed by atoms with van der Waals surface area (Å²) in [5, 5.41) is 8.92. The van der Waals surface area contributed by atoms with Crippen LogP contribution in [-0.4, -0.2) is 9.97 Å². The Hall–Kier alpha value is -2.06. The van der Waals surface area contributed by atoms with Crippen LogP contribution >= 0.6 is 11.8 Å². The fourth-order valence-corrected chi connectivity index (χ4v) is 2.60. The predicted molar refractivity (Wildman–Crippen MR) is 76.6 cm³/mol. The summed E-state index contributed by atoms with van der Waals surface area (Å²) in [5.41, 5.74) is 7.98. The van der Waals surface area contributed by atoms with E-state index in [2.05, 4.69) is 29.0 Å². The number of nitrogens with zero attached hydrogens (tertiary/aromatic N) is 3. The second-order valence-electron chi connectivity index (χ2n) is 4.15. The zero-order chi connectivity index (χ0) is 13.8. The number of benzene rings is 1. The zero-order valence-electron chi connectivity index (χ0n) is 10.8. The minimum Gasteiger partial charge on any atom is -0.382 e. The first kappa shape index (κ1) is 13.4. The summed E-state index contributed by atoms with van der Waals surface area (Å²) < 4.78 is 0. The molecule has 1 aromatic heterocycles. The zero-order valence-corrected chi connectivity index (χ0v) is 11.7. The summed E-state index contributed by atoms with van der Waals surface area (Å²) in [4.78, 5) is 9.69. The third-order valence-corrected chi connectivity index (χ3v) is 3.90. The molecule has 19 heavy (non-hydrogen) atoms. The van der Waals surface area contributed by atoms with Crippen molar-refractivity contribution in [3.05, 3.63) is 46.9 Å². The highest BCUT2D eigenvalue weighted by Gasteiger charge is 2.09. The van der Waals surface area contributed by atoms with E-state index in [1.807, 2.05) is 18.2 Å². The van der Waals surface area contributed by atoms with E-state index in [4.69, 9.17) is 11.0 Å². The maximum atomic E-state index is 8.92. The molecule has 96 valence electrons. The van der Waals surface area contributed by atoms with Gasteiger partial charge in [0.15, 0.2) is 0 Å². The van der Waals surface area contributed by atoms with Gasteiger partial charge in [-0.25, -0.2) is 9.97 Å². The first-order valence-corrected chi connectivity index (χ1v) is 6.82. The molecule has 1 aromatic carbocycles. The van der Waals surface area contributed by atoms with Gasteiger partial charge in [0.2, 0.25) is 0 Å². The van der Waals surface area contributed by atoms with Crippen molar-refractivity contribution in [2.24, 2.45) is 0 Å². The van der Waals surface area contributed by atoms with Crippen LogP contribution in [0.3, 0.4) is 0 Å². The van der Waals surface area contributed by atoms with Crippen LogP contribution in [0, 0.1) is 25.2 Å². The van der Waals surface area contributed by atoms with E-state index in [1.165, 1.54) is 10.5 Å². The Morgan fingerprint density at radius 2 is 2.00 bits per heavy atom. The van der Waals surface area contributed by atoms with Crippen LogP contribution in [0.5, 0.6) is 0 Å².